The molecule has 1 aromatic carbocycles. The van der Waals surface area contributed by atoms with E-state index in [0.29, 0.717) is 16.4 Å². The summed E-state index contributed by atoms with van der Waals surface area (Å²) in [6.45, 7) is 2.05. The average Bonchev–Trinajstić information content (AvgIpc) is 3.48. The van der Waals surface area contributed by atoms with Crippen molar-refractivity contribution in [1.82, 2.24) is 14.5 Å². The molecule has 3 heterocycles. The van der Waals surface area contributed by atoms with Gasteiger partial charge in [-0.25, -0.2) is 9.97 Å². The minimum Gasteiger partial charge on any atom is -0.329 e. The predicted octanol–water partition coefficient (Wildman–Crippen LogP) is 4.90. The van der Waals surface area contributed by atoms with Gasteiger partial charge in [0.25, 0.3) is 5.91 Å². The molecule has 0 atom stereocenters. The summed E-state index contributed by atoms with van der Waals surface area (Å²) in [5.41, 5.74) is 1.98. The van der Waals surface area contributed by atoms with Gasteiger partial charge in [0, 0.05) is 40.9 Å². The summed E-state index contributed by atoms with van der Waals surface area (Å²) in [5, 5.41) is 8.92. The van der Waals surface area contributed by atoms with Crippen LogP contribution in [0.1, 0.15) is 15.2 Å². The number of carbonyl (C=O) groups is 2. The molecular formula is C21H19N5O2S3. The number of rotatable bonds is 7. The molecule has 10 heteroatoms. The summed E-state index contributed by atoms with van der Waals surface area (Å²) in [5.74, 6) is -0.126. The van der Waals surface area contributed by atoms with Crippen LogP contribution in [-0.2, 0) is 11.8 Å². The van der Waals surface area contributed by atoms with Gasteiger partial charge in [0.2, 0.25) is 5.91 Å². The Morgan fingerprint density at radius 1 is 1.13 bits per heavy atom. The number of thioether (sulfide) groups is 1. The highest BCUT2D eigenvalue weighted by Crippen LogP contribution is 2.30. The second-order valence-corrected chi connectivity index (χ2v) is 9.73. The van der Waals surface area contributed by atoms with Crippen LogP contribution in [0.3, 0.4) is 0 Å². The van der Waals surface area contributed by atoms with Crippen LogP contribution < -0.4 is 10.6 Å². The number of benzene rings is 1. The van der Waals surface area contributed by atoms with Crippen LogP contribution in [0.25, 0.3) is 10.6 Å². The monoisotopic (exact) mass is 469 g/mol. The normalized spacial score (nSPS) is 10.8. The first-order chi connectivity index (χ1) is 15.0. The Labute approximate surface area is 191 Å². The number of thiazole rings is 1. The third kappa shape index (κ3) is 5.40. The van der Waals surface area contributed by atoms with E-state index in [1.165, 1.54) is 28.0 Å². The zero-order valence-corrected chi connectivity index (χ0v) is 19.2. The van der Waals surface area contributed by atoms with Gasteiger partial charge in [-0.15, -0.1) is 22.7 Å². The van der Waals surface area contributed by atoms with Crippen LogP contribution in [0.5, 0.6) is 0 Å². The lowest BCUT2D eigenvalue weighted by molar-refractivity contribution is -0.113. The fourth-order valence-corrected chi connectivity index (χ4v) is 5.05. The van der Waals surface area contributed by atoms with E-state index in [9.17, 15) is 9.59 Å². The van der Waals surface area contributed by atoms with Crippen molar-refractivity contribution in [2.45, 2.75) is 12.1 Å². The van der Waals surface area contributed by atoms with E-state index in [1.54, 1.807) is 41.8 Å². The summed E-state index contributed by atoms with van der Waals surface area (Å²) in [6.07, 6.45) is 3.53. The lowest BCUT2D eigenvalue weighted by Gasteiger charge is -2.07. The molecule has 2 amide bonds. The molecule has 2 N–H and O–H groups in total. The molecule has 0 fully saturated rings. The van der Waals surface area contributed by atoms with Crippen molar-refractivity contribution < 1.29 is 9.59 Å². The number of imidazole rings is 1. The second-order valence-electron chi connectivity index (χ2n) is 6.64. The highest BCUT2D eigenvalue weighted by Gasteiger charge is 2.12. The quantitative estimate of drug-likeness (QED) is 0.376. The molecule has 3 aromatic heterocycles. The highest BCUT2D eigenvalue weighted by atomic mass is 32.2. The Morgan fingerprint density at radius 3 is 2.61 bits per heavy atom. The first-order valence-electron chi connectivity index (χ1n) is 9.31. The summed E-state index contributed by atoms with van der Waals surface area (Å²) >= 11 is 4.42. The molecule has 0 saturated carbocycles. The maximum Gasteiger partial charge on any atom is 0.257 e. The molecule has 0 aliphatic carbocycles. The van der Waals surface area contributed by atoms with E-state index in [4.69, 9.17) is 0 Å². The van der Waals surface area contributed by atoms with E-state index >= 15 is 0 Å². The van der Waals surface area contributed by atoms with Crippen molar-refractivity contribution in [1.29, 1.82) is 0 Å². The molecule has 7 nitrogen and oxygen atoms in total. The summed E-state index contributed by atoms with van der Waals surface area (Å²) in [4.78, 5) is 35.6. The van der Waals surface area contributed by atoms with Crippen molar-refractivity contribution in [3.8, 4) is 10.6 Å². The molecule has 0 aliphatic rings. The van der Waals surface area contributed by atoms with Crippen molar-refractivity contribution in [2.24, 2.45) is 7.05 Å². The molecule has 158 valence electrons. The van der Waals surface area contributed by atoms with Gasteiger partial charge in [-0.05, 0) is 43.3 Å². The fourth-order valence-electron chi connectivity index (χ4n) is 2.71. The number of thiophene rings is 1. The van der Waals surface area contributed by atoms with Crippen molar-refractivity contribution in [2.75, 3.05) is 16.4 Å². The molecule has 0 aliphatic heterocycles. The lowest BCUT2D eigenvalue weighted by Crippen LogP contribution is -2.15. The molecule has 4 rings (SSSR count). The van der Waals surface area contributed by atoms with Crippen LogP contribution in [0.15, 0.2) is 59.3 Å². The number of hydrogen-bond acceptors (Lipinski definition) is 7. The minimum atomic E-state index is -0.244. The Morgan fingerprint density at radius 2 is 1.94 bits per heavy atom. The van der Waals surface area contributed by atoms with Gasteiger partial charge in [-0.1, -0.05) is 11.8 Å². The minimum absolute atomic E-state index is 0.135. The van der Waals surface area contributed by atoms with Crippen molar-refractivity contribution in [3.05, 3.63) is 64.6 Å². The van der Waals surface area contributed by atoms with Gasteiger partial charge in [0.15, 0.2) is 10.3 Å². The molecule has 4 aromatic rings. The van der Waals surface area contributed by atoms with Crippen LogP contribution in [0, 0.1) is 6.92 Å². The number of nitrogens with one attached hydrogen (secondary N) is 2. The standard InChI is InChI=1S/C21H19N5O2S3/c1-13-3-8-17(31-13)16-11-29-20(24-16)25-19(28)14-4-6-15(7-5-14)23-18(27)12-30-21-22-9-10-26(21)2/h3-11H,12H2,1-2H3,(H,23,27)(H,24,25,28). The zero-order chi connectivity index (χ0) is 21.8. The van der Waals surface area contributed by atoms with Gasteiger partial charge in [0.1, 0.15) is 0 Å². The van der Waals surface area contributed by atoms with Crippen molar-refractivity contribution >= 4 is 57.1 Å². The zero-order valence-electron chi connectivity index (χ0n) is 16.8. The van der Waals surface area contributed by atoms with Crippen LogP contribution in [0.4, 0.5) is 10.8 Å². The second kappa shape index (κ2) is 9.46. The first-order valence-corrected chi connectivity index (χ1v) is 12.0. The van der Waals surface area contributed by atoms with Crippen LogP contribution in [0.2, 0.25) is 0 Å². The number of carbonyl (C=O) groups excluding carboxylic acids is 2. The van der Waals surface area contributed by atoms with Gasteiger partial charge < -0.3 is 9.88 Å². The molecule has 0 bridgehead atoms. The van der Waals surface area contributed by atoms with E-state index < -0.39 is 0 Å². The third-order valence-electron chi connectivity index (χ3n) is 4.26. The van der Waals surface area contributed by atoms with E-state index in [0.717, 1.165) is 15.7 Å². The molecule has 0 unspecified atom stereocenters. The maximum atomic E-state index is 12.5. The fraction of sp³-hybridized carbons (Fsp3) is 0.143. The van der Waals surface area contributed by atoms with E-state index in [2.05, 4.69) is 33.6 Å². The maximum absolute atomic E-state index is 12.5. The van der Waals surface area contributed by atoms with Gasteiger partial charge in [0.05, 0.1) is 16.3 Å². The van der Waals surface area contributed by atoms with Crippen LogP contribution >= 0.6 is 34.4 Å². The molecule has 31 heavy (non-hydrogen) atoms. The summed E-state index contributed by atoms with van der Waals surface area (Å²) < 4.78 is 1.86. The average molecular weight is 470 g/mol. The van der Waals surface area contributed by atoms with Gasteiger partial charge >= 0.3 is 0 Å². The first kappa shape index (κ1) is 21.3. The number of aryl methyl sites for hydroxylation is 2. The number of anilines is 2. The SMILES string of the molecule is Cc1ccc(-c2csc(NC(=O)c3ccc(NC(=O)CSc4nccn4C)cc3)n2)s1. The molecule has 0 saturated heterocycles. The molecule has 0 spiro atoms. The van der Waals surface area contributed by atoms with Crippen LogP contribution in [-0.4, -0.2) is 32.1 Å². The predicted molar refractivity (Wildman–Crippen MR) is 127 cm³/mol. The third-order valence-corrected chi connectivity index (χ3v) is 7.10. The van der Waals surface area contributed by atoms with E-state index in [1.807, 2.05) is 29.3 Å². The molecular weight excluding hydrogens is 450 g/mol. The highest BCUT2D eigenvalue weighted by molar-refractivity contribution is 7.99. The summed E-state index contributed by atoms with van der Waals surface area (Å²) in [7, 11) is 1.88. The Kier molecular flexibility index (Phi) is 6.50. The Bertz CT molecular complexity index is 1210. The van der Waals surface area contributed by atoms with Gasteiger partial charge in [-0.2, -0.15) is 0 Å². The lowest BCUT2D eigenvalue weighted by atomic mass is 10.2. The molecule has 0 radical (unpaired) electrons. The smallest absolute Gasteiger partial charge is 0.257 e. The number of aromatic nitrogens is 3. The summed E-state index contributed by atoms with van der Waals surface area (Å²) in [6, 6.07) is 10.8. The largest absolute Gasteiger partial charge is 0.329 e. The van der Waals surface area contributed by atoms with Crippen molar-refractivity contribution in [3.63, 3.8) is 0 Å². The number of hydrogen-bond donors (Lipinski definition) is 2. The Hall–Kier alpha value is -2.95. The van der Waals surface area contributed by atoms with Gasteiger partial charge in [-0.3, -0.25) is 14.9 Å². The number of amides is 2. The van der Waals surface area contributed by atoms with E-state index in [-0.39, 0.29) is 17.6 Å². The number of nitrogens with zero attached hydrogens (tertiary/aromatic N) is 3. The Balaban J connectivity index is 1.31. The topological polar surface area (TPSA) is 88.9 Å².